The summed E-state index contributed by atoms with van der Waals surface area (Å²) < 4.78 is 0. The highest BCUT2D eigenvalue weighted by atomic mass is 15.0. The third-order valence-corrected chi connectivity index (χ3v) is 4.67. The van der Waals surface area contributed by atoms with Crippen LogP contribution in [-0.4, -0.2) is 6.04 Å². The first-order chi connectivity index (χ1) is 8.78. The van der Waals surface area contributed by atoms with Gasteiger partial charge in [0.15, 0.2) is 0 Å². The van der Waals surface area contributed by atoms with E-state index < -0.39 is 0 Å². The molecule has 2 aliphatic rings. The summed E-state index contributed by atoms with van der Waals surface area (Å²) in [4.78, 5) is 0. The first kappa shape index (κ1) is 12.2. The molecule has 0 radical (unpaired) electrons. The predicted octanol–water partition coefficient (Wildman–Crippen LogP) is 4.01. The maximum atomic E-state index is 3.80. The van der Waals surface area contributed by atoms with E-state index in [0.29, 0.717) is 6.04 Å². The summed E-state index contributed by atoms with van der Waals surface area (Å²) in [6.07, 6.45) is 8.05. The molecular formula is C17H25N. The van der Waals surface area contributed by atoms with E-state index in [1.165, 1.54) is 44.1 Å². The fraction of sp³-hybridized carbons (Fsp3) is 0.647. The molecule has 18 heavy (non-hydrogen) atoms. The fourth-order valence-electron chi connectivity index (χ4n) is 3.42. The van der Waals surface area contributed by atoms with Gasteiger partial charge >= 0.3 is 0 Å². The third-order valence-electron chi connectivity index (χ3n) is 4.67. The van der Waals surface area contributed by atoms with E-state index >= 15 is 0 Å². The monoisotopic (exact) mass is 243 g/mol. The first-order valence-corrected chi connectivity index (χ1v) is 7.65. The van der Waals surface area contributed by atoms with Crippen LogP contribution in [0.2, 0.25) is 0 Å². The Labute approximate surface area is 111 Å². The van der Waals surface area contributed by atoms with E-state index in [-0.39, 0.29) is 0 Å². The molecule has 2 aliphatic carbocycles. The maximum absolute atomic E-state index is 3.80. The van der Waals surface area contributed by atoms with Gasteiger partial charge in [-0.2, -0.15) is 0 Å². The van der Waals surface area contributed by atoms with Gasteiger partial charge in [-0.25, -0.2) is 0 Å². The number of hydrogen-bond acceptors (Lipinski definition) is 1. The van der Waals surface area contributed by atoms with E-state index in [4.69, 9.17) is 0 Å². The normalized spacial score (nSPS) is 27.0. The zero-order valence-corrected chi connectivity index (χ0v) is 11.7. The van der Waals surface area contributed by atoms with Gasteiger partial charge in [0.1, 0.15) is 0 Å². The molecule has 0 aromatic heterocycles. The number of fused-ring (bicyclic) bond motifs is 1. The lowest BCUT2D eigenvalue weighted by Crippen LogP contribution is -2.22. The molecule has 3 unspecified atom stereocenters. The molecule has 1 saturated carbocycles. The second-order valence-corrected chi connectivity index (χ2v) is 6.16. The van der Waals surface area contributed by atoms with Gasteiger partial charge in [-0.05, 0) is 61.6 Å². The molecule has 1 N–H and O–H groups in total. The molecule has 0 bridgehead atoms. The van der Waals surface area contributed by atoms with E-state index in [1.807, 2.05) is 0 Å². The topological polar surface area (TPSA) is 12.0 Å². The lowest BCUT2D eigenvalue weighted by molar-refractivity contribution is 0.530. The largest absolute Gasteiger partial charge is 0.307 e. The van der Waals surface area contributed by atoms with E-state index in [9.17, 15) is 0 Å². The lowest BCUT2D eigenvalue weighted by atomic mass is 10.0. The van der Waals surface area contributed by atoms with Crippen LogP contribution in [0.1, 0.15) is 62.3 Å². The minimum atomic E-state index is 0.516. The highest BCUT2D eigenvalue weighted by molar-refractivity contribution is 5.36. The number of hydrogen-bond donors (Lipinski definition) is 1. The van der Waals surface area contributed by atoms with E-state index in [1.54, 1.807) is 11.1 Å². The second kappa shape index (κ2) is 5.05. The molecular weight excluding hydrogens is 218 g/mol. The summed E-state index contributed by atoms with van der Waals surface area (Å²) in [5.74, 6) is 0.951. The van der Waals surface area contributed by atoms with Gasteiger partial charge in [-0.3, -0.25) is 0 Å². The molecule has 0 amide bonds. The van der Waals surface area contributed by atoms with Crippen molar-refractivity contribution in [1.29, 1.82) is 0 Å². The number of nitrogens with one attached hydrogen (secondary N) is 1. The van der Waals surface area contributed by atoms with Crippen LogP contribution in [0.5, 0.6) is 0 Å². The number of benzene rings is 1. The Morgan fingerprint density at radius 1 is 1.28 bits per heavy atom. The summed E-state index contributed by atoms with van der Waals surface area (Å²) in [5.41, 5.74) is 4.67. The van der Waals surface area contributed by atoms with Crippen LogP contribution >= 0.6 is 0 Å². The van der Waals surface area contributed by atoms with Gasteiger partial charge in [0.25, 0.3) is 0 Å². The van der Waals surface area contributed by atoms with Crippen molar-refractivity contribution in [3.63, 3.8) is 0 Å². The summed E-state index contributed by atoms with van der Waals surface area (Å²) in [5, 5.41) is 3.80. The minimum Gasteiger partial charge on any atom is -0.307 e. The average Bonchev–Trinajstić information content (AvgIpc) is 2.92. The van der Waals surface area contributed by atoms with Crippen LogP contribution < -0.4 is 5.32 Å². The fourth-order valence-corrected chi connectivity index (χ4v) is 3.42. The van der Waals surface area contributed by atoms with Crippen LogP contribution in [0.15, 0.2) is 18.2 Å². The van der Waals surface area contributed by atoms with Crippen molar-refractivity contribution in [3.8, 4) is 0 Å². The van der Waals surface area contributed by atoms with Crippen molar-refractivity contribution in [2.24, 2.45) is 5.92 Å². The molecule has 3 atom stereocenters. The van der Waals surface area contributed by atoms with Gasteiger partial charge in [0.2, 0.25) is 0 Å². The quantitative estimate of drug-likeness (QED) is 0.824. The Kier molecular flexibility index (Phi) is 3.43. The van der Waals surface area contributed by atoms with Gasteiger partial charge in [0.05, 0.1) is 0 Å². The maximum Gasteiger partial charge on any atom is 0.0294 e. The molecule has 1 aromatic rings. The molecule has 1 nitrogen and oxygen atoms in total. The minimum absolute atomic E-state index is 0.516. The van der Waals surface area contributed by atoms with Crippen molar-refractivity contribution in [2.45, 2.75) is 64.5 Å². The van der Waals surface area contributed by atoms with Crippen LogP contribution in [0.4, 0.5) is 0 Å². The van der Waals surface area contributed by atoms with Crippen LogP contribution in [0.25, 0.3) is 0 Å². The highest BCUT2D eigenvalue weighted by Gasteiger charge is 2.36. The van der Waals surface area contributed by atoms with Gasteiger partial charge in [-0.15, -0.1) is 0 Å². The molecule has 0 heterocycles. The number of rotatable bonds is 5. The Morgan fingerprint density at radius 2 is 2.11 bits per heavy atom. The second-order valence-electron chi connectivity index (χ2n) is 6.16. The zero-order chi connectivity index (χ0) is 12.5. The van der Waals surface area contributed by atoms with Gasteiger partial charge in [0, 0.05) is 12.1 Å². The Morgan fingerprint density at radius 3 is 2.94 bits per heavy atom. The highest BCUT2D eigenvalue weighted by Crippen LogP contribution is 2.36. The molecule has 0 saturated heterocycles. The molecule has 3 rings (SSSR count). The summed E-state index contributed by atoms with van der Waals surface area (Å²) in [7, 11) is 0. The van der Waals surface area contributed by atoms with Gasteiger partial charge < -0.3 is 5.32 Å². The standard InChI is InChI=1S/C17H25N/c1-3-5-16-11-17(16)18-12(2)14-9-8-13-6-4-7-15(13)10-14/h8-10,12,16-18H,3-7,11H2,1-2H3. The summed E-state index contributed by atoms with van der Waals surface area (Å²) in [6, 6.07) is 8.43. The SMILES string of the molecule is CCCC1CC1NC(C)c1ccc2c(c1)CCC2. The average molecular weight is 243 g/mol. The molecule has 1 fully saturated rings. The van der Waals surface area contributed by atoms with Gasteiger partial charge in [-0.1, -0.05) is 31.5 Å². The van der Waals surface area contributed by atoms with Crippen molar-refractivity contribution in [1.82, 2.24) is 5.32 Å². The third kappa shape index (κ3) is 2.47. The zero-order valence-electron chi connectivity index (χ0n) is 11.7. The van der Waals surface area contributed by atoms with E-state index in [2.05, 4.69) is 37.4 Å². The van der Waals surface area contributed by atoms with Crippen molar-refractivity contribution in [3.05, 3.63) is 34.9 Å². The van der Waals surface area contributed by atoms with Crippen molar-refractivity contribution >= 4 is 0 Å². The first-order valence-electron chi connectivity index (χ1n) is 7.65. The molecule has 1 aromatic carbocycles. The Bertz CT molecular complexity index is 424. The Balaban J connectivity index is 1.61. The van der Waals surface area contributed by atoms with Crippen LogP contribution in [0, 0.1) is 5.92 Å². The molecule has 0 aliphatic heterocycles. The molecule has 0 spiro atoms. The molecule has 98 valence electrons. The van der Waals surface area contributed by atoms with E-state index in [0.717, 1.165) is 12.0 Å². The summed E-state index contributed by atoms with van der Waals surface area (Å²) >= 11 is 0. The van der Waals surface area contributed by atoms with Crippen LogP contribution in [0.3, 0.4) is 0 Å². The van der Waals surface area contributed by atoms with Crippen LogP contribution in [-0.2, 0) is 12.8 Å². The Hall–Kier alpha value is -0.820. The van der Waals surface area contributed by atoms with Crippen molar-refractivity contribution in [2.75, 3.05) is 0 Å². The summed E-state index contributed by atoms with van der Waals surface area (Å²) in [6.45, 7) is 4.61. The predicted molar refractivity (Wildman–Crippen MR) is 76.8 cm³/mol. The smallest absolute Gasteiger partial charge is 0.0294 e. The number of aryl methyl sites for hydroxylation is 2. The molecule has 1 heteroatoms. The lowest BCUT2D eigenvalue weighted by Gasteiger charge is -2.15. The van der Waals surface area contributed by atoms with Crippen molar-refractivity contribution < 1.29 is 0 Å².